The summed E-state index contributed by atoms with van der Waals surface area (Å²) < 4.78 is 11.3. The van der Waals surface area contributed by atoms with E-state index in [0.29, 0.717) is 6.42 Å². The molecule has 1 fully saturated rings. The molecule has 0 aromatic rings. The van der Waals surface area contributed by atoms with Gasteiger partial charge in [0.2, 0.25) is 0 Å². The van der Waals surface area contributed by atoms with Crippen LogP contribution in [0.1, 0.15) is 92.9 Å². The monoisotopic (exact) mass is 508 g/mol. The maximum absolute atomic E-state index is 12.4. The third-order valence-electron chi connectivity index (χ3n) is 7.85. The molecule has 36 heavy (non-hydrogen) atoms. The van der Waals surface area contributed by atoms with E-state index < -0.39 is 53.5 Å². The second-order valence-corrected chi connectivity index (χ2v) is 11.8. The molecule has 3 N–H and O–H groups in total. The van der Waals surface area contributed by atoms with E-state index in [2.05, 4.69) is 19.9 Å². The zero-order valence-electron chi connectivity index (χ0n) is 22.6. The van der Waals surface area contributed by atoms with E-state index in [1.165, 1.54) is 19.4 Å². The number of rotatable bonds is 8. The number of carboxylic acid groups (broad SMARTS) is 1. The molecule has 5 atom stereocenters. The van der Waals surface area contributed by atoms with Gasteiger partial charge in [-0.3, -0.25) is 14.4 Å². The standard InChI is InChI=1S/C28H44O8/c1-18-8-7-9-20(17-35-25(32)16-27(5,34)15-24(30)31)14-23(36-19(2)29)28(6)13-12-21(26(3,4)33)22(28)11-10-18/h8,14,21-23,33-34H,7,9-13,15-17H2,1-6H3,(H,30,31)/b18-8+,20-14+/t21-,22+,23?,27?,28+/m1/s1. The third-order valence-corrected chi connectivity index (χ3v) is 7.85. The summed E-state index contributed by atoms with van der Waals surface area (Å²) in [5, 5.41) is 30.1. The van der Waals surface area contributed by atoms with Crippen LogP contribution in [0, 0.1) is 17.3 Å². The average molecular weight is 509 g/mol. The average Bonchev–Trinajstić information content (AvgIpc) is 3.04. The summed E-state index contributed by atoms with van der Waals surface area (Å²) in [7, 11) is 0. The number of fused-ring (bicyclic) bond motifs is 1. The summed E-state index contributed by atoms with van der Waals surface area (Å²) in [6.07, 6.45) is 7.23. The zero-order valence-corrected chi connectivity index (χ0v) is 22.6. The highest BCUT2D eigenvalue weighted by Gasteiger charge is 2.53. The Morgan fingerprint density at radius 2 is 1.78 bits per heavy atom. The normalized spacial score (nSPS) is 31.9. The molecule has 0 aromatic carbocycles. The number of carbonyl (C=O) groups is 3. The van der Waals surface area contributed by atoms with Gasteiger partial charge in [-0.15, -0.1) is 0 Å². The minimum Gasteiger partial charge on any atom is -0.481 e. The SMILES string of the molecule is CC(=O)OC1/C=C(/COC(=O)CC(C)(O)CC(=O)O)CC/C=C(\C)CC[C@H]2[C@H](C(C)(C)O)CC[C@]12C. The summed E-state index contributed by atoms with van der Waals surface area (Å²) >= 11 is 0. The van der Waals surface area contributed by atoms with Crippen LogP contribution in [0.15, 0.2) is 23.3 Å². The molecule has 0 aliphatic heterocycles. The number of aliphatic carboxylic acids is 1. The van der Waals surface area contributed by atoms with Crippen LogP contribution in [0.5, 0.6) is 0 Å². The molecule has 8 nitrogen and oxygen atoms in total. The van der Waals surface area contributed by atoms with Gasteiger partial charge in [0.05, 0.1) is 24.0 Å². The maximum atomic E-state index is 12.4. The Labute approximate surface area is 214 Å². The first-order valence-corrected chi connectivity index (χ1v) is 12.9. The molecule has 8 heteroatoms. The summed E-state index contributed by atoms with van der Waals surface area (Å²) in [6.45, 7) is 10.5. The first kappa shape index (κ1) is 30.0. The molecular formula is C28H44O8. The Hall–Kier alpha value is -2.19. The number of allylic oxidation sites excluding steroid dienone is 2. The number of ether oxygens (including phenoxy) is 2. The van der Waals surface area contributed by atoms with Gasteiger partial charge in [-0.25, -0.2) is 0 Å². The summed E-state index contributed by atoms with van der Waals surface area (Å²) in [5.41, 5.74) is -0.921. The van der Waals surface area contributed by atoms with Crippen molar-refractivity contribution in [1.82, 2.24) is 0 Å². The van der Waals surface area contributed by atoms with Crippen LogP contribution >= 0.6 is 0 Å². The highest BCUT2D eigenvalue weighted by Crippen LogP contribution is 2.55. The number of aliphatic hydroxyl groups is 2. The molecule has 1 saturated carbocycles. The fraction of sp³-hybridized carbons (Fsp3) is 0.750. The van der Waals surface area contributed by atoms with Gasteiger partial charge in [0.25, 0.3) is 0 Å². The molecule has 0 bridgehead atoms. The van der Waals surface area contributed by atoms with Gasteiger partial charge in [-0.05, 0) is 89.7 Å². The Kier molecular flexibility index (Phi) is 9.93. The number of carbonyl (C=O) groups excluding carboxylic acids is 2. The molecule has 204 valence electrons. The van der Waals surface area contributed by atoms with E-state index in [9.17, 15) is 24.6 Å². The zero-order chi connectivity index (χ0) is 27.3. The van der Waals surface area contributed by atoms with E-state index in [0.717, 1.165) is 37.7 Å². The van der Waals surface area contributed by atoms with Crippen LogP contribution in [0.2, 0.25) is 0 Å². The lowest BCUT2D eigenvalue weighted by Crippen LogP contribution is -2.43. The fourth-order valence-electron chi connectivity index (χ4n) is 5.91. The van der Waals surface area contributed by atoms with Crippen LogP contribution < -0.4 is 0 Å². The quantitative estimate of drug-likeness (QED) is 0.326. The first-order chi connectivity index (χ1) is 16.5. The minimum absolute atomic E-state index is 0.0394. The van der Waals surface area contributed by atoms with E-state index in [1.807, 2.05) is 19.9 Å². The molecule has 0 amide bonds. The van der Waals surface area contributed by atoms with E-state index in [1.54, 1.807) is 0 Å². The third kappa shape index (κ3) is 8.44. The highest BCUT2D eigenvalue weighted by molar-refractivity contribution is 5.74. The van der Waals surface area contributed by atoms with Crippen molar-refractivity contribution in [3.05, 3.63) is 23.3 Å². The van der Waals surface area contributed by atoms with Crippen molar-refractivity contribution in [3.63, 3.8) is 0 Å². The van der Waals surface area contributed by atoms with Crippen molar-refractivity contribution in [2.24, 2.45) is 17.3 Å². The Balaban J connectivity index is 2.35. The van der Waals surface area contributed by atoms with Crippen LogP contribution in [-0.2, 0) is 23.9 Å². The summed E-state index contributed by atoms with van der Waals surface area (Å²) in [5.74, 6) is -2.11. The van der Waals surface area contributed by atoms with E-state index in [4.69, 9.17) is 14.6 Å². The molecule has 0 radical (unpaired) electrons. The van der Waals surface area contributed by atoms with Gasteiger partial charge < -0.3 is 24.8 Å². The molecule has 0 heterocycles. The predicted molar refractivity (Wildman–Crippen MR) is 135 cm³/mol. The van der Waals surface area contributed by atoms with Crippen LogP contribution in [0.4, 0.5) is 0 Å². The molecule has 0 aromatic heterocycles. The van der Waals surface area contributed by atoms with Crippen LogP contribution in [0.25, 0.3) is 0 Å². The Bertz CT molecular complexity index is 878. The molecule has 2 rings (SSSR count). The molecular weight excluding hydrogens is 464 g/mol. The van der Waals surface area contributed by atoms with Gasteiger partial charge >= 0.3 is 17.9 Å². The van der Waals surface area contributed by atoms with Crippen molar-refractivity contribution in [2.75, 3.05) is 6.61 Å². The fourth-order valence-corrected chi connectivity index (χ4v) is 5.91. The molecule has 2 aliphatic rings. The van der Waals surface area contributed by atoms with Gasteiger partial charge in [0, 0.05) is 12.3 Å². The molecule has 2 aliphatic carbocycles. The van der Waals surface area contributed by atoms with Crippen molar-refractivity contribution in [3.8, 4) is 0 Å². The summed E-state index contributed by atoms with van der Waals surface area (Å²) in [4.78, 5) is 35.5. The minimum atomic E-state index is -1.71. The largest absolute Gasteiger partial charge is 0.481 e. The topological polar surface area (TPSA) is 130 Å². The number of esters is 2. The van der Waals surface area contributed by atoms with Gasteiger partial charge in [0.15, 0.2) is 0 Å². The number of hydrogen-bond acceptors (Lipinski definition) is 7. The summed E-state index contributed by atoms with van der Waals surface area (Å²) in [6, 6.07) is 0. The number of hydrogen-bond donors (Lipinski definition) is 3. The van der Waals surface area contributed by atoms with E-state index >= 15 is 0 Å². The smallest absolute Gasteiger partial charge is 0.309 e. The lowest BCUT2D eigenvalue weighted by molar-refractivity contribution is -0.153. The lowest BCUT2D eigenvalue weighted by atomic mass is 9.67. The number of carboxylic acids is 1. The molecule has 0 spiro atoms. The van der Waals surface area contributed by atoms with Crippen LogP contribution in [0.3, 0.4) is 0 Å². The second kappa shape index (κ2) is 11.9. The van der Waals surface area contributed by atoms with Crippen molar-refractivity contribution in [1.29, 1.82) is 0 Å². The lowest BCUT2D eigenvalue weighted by Gasteiger charge is -2.42. The maximum Gasteiger partial charge on any atom is 0.309 e. The predicted octanol–water partition coefficient (Wildman–Crippen LogP) is 4.33. The van der Waals surface area contributed by atoms with Gasteiger partial charge in [0.1, 0.15) is 12.7 Å². The van der Waals surface area contributed by atoms with Crippen LogP contribution in [-0.4, -0.2) is 57.1 Å². The van der Waals surface area contributed by atoms with E-state index in [-0.39, 0.29) is 18.4 Å². The highest BCUT2D eigenvalue weighted by atomic mass is 16.5. The Morgan fingerprint density at radius 3 is 2.36 bits per heavy atom. The molecule has 2 unspecified atom stereocenters. The van der Waals surface area contributed by atoms with Crippen molar-refractivity contribution < 1.29 is 39.2 Å². The van der Waals surface area contributed by atoms with Crippen molar-refractivity contribution >= 4 is 17.9 Å². The van der Waals surface area contributed by atoms with Gasteiger partial charge in [-0.1, -0.05) is 18.6 Å². The Morgan fingerprint density at radius 1 is 1.11 bits per heavy atom. The molecule has 0 saturated heterocycles. The van der Waals surface area contributed by atoms with Gasteiger partial charge in [-0.2, -0.15) is 0 Å². The first-order valence-electron chi connectivity index (χ1n) is 12.9. The van der Waals surface area contributed by atoms with Crippen molar-refractivity contribution in [2.45, 2.75) is 110 Å². The second-order valence-electron chi connectivity index (χ2n) is 11.8.